The van der Waals surface area contributed by atoms with Crippen molar-refractivity contribution in [3.63, 3.8) is 0 Å². The smallest absolute Gasteiger partial charge is 0.246 e. The Morgan fingerprint density at radius 2 is 1.93 bits per heavy atom. The van der Waals surface area contributed by atoms with Crippen LogP contribution < -0.4 is 9.47 Å². The molecule has 1 heterocycles. The van der Waals surface area contributed by atoms with Gasteiger partial charge in [0.2, 0.25) is 5.91 Å². The molecule has 3 aromatic rings. The van der Waals surface area contributed by atoms with Crippen molar-refractivity contribution in [2.75, 3.05) is 14.2 Å². The normalized spacial score (nSPS) is 10.9. The van der Waals surface area contributed by atoms with Crippen LogP contribution in [0.5, 0.6) is 11.5 Å². The van der Waals surface area contributed by atoms with E-state index in [1.54, 1.807) is 42.1 Å². The van der Waals surface area contributed by atoms with Gasteiger partial charge in [-0.05, 0) is 48.9 Å². The van der Waals surface area contributed by atoms with Crippen molar-refractivity contribution in [3.8, 4) is 11.5 Å². The van der Waals surface area contributed by atoms with Gasteiger partial charge in [0.05, 0.1) is 19.3 Å². The summed E-state index contributed by atoms with van der Waals surface area (Å²) in [6.07, 6.45) is 5.10. The van der Waals surface area contributed by atoms with Crippen molar-refractivity contribution >= 4 is 12.0 Å². The third-order valence-corrected chi connectivity index (χ3v) is 4.84. The summed E-state index contributed by atoms with van der Waals surface area (Å²) in [6, 6.07) is 15.6. The highest BCUT2D eigenvalue weighted by Crippen LogP contribution is 2.23. The van der Waals surface area contributed by atoms with Crippen molar-refractivity contribution in [2.24, 2.45) is 7.05 Å². The SMILES string of the molecule is COc1ccc(/C=C/C(=O)N(C)Cc2ccnn2C)cc1COc1ccc(C)cc1. The number of benzene rings is 2. The summed E-state index contributed by atoms with van der Waals surface area (Å²) in [7, 11) is 5.27. The lowest BCUT2D eigenvalue weighted by molar-refractivity contribution is -0.125. The Balaban J connectivity index is 1.66. The van der Waals surface area contributed by atoms with Crippen molar-refractivity contribution in [3.05, 3.63) is 83.2 Å². The number of hydrogen-bond donors (Lipinski definition) is 0. The summed E-state index contributed by atoms with van der Waals surface area (Å²) in [5.41, 5.74) is 3.97. The van der Waals surface area contributed by atoms with Crippen LogP contribution in [0.4, 0.5) is 0 Å². The highest BCUT2D eigenvalue weighted by molar-refractivity contribution is 5.91. The Labute approximate surface area is 177 Å². The van der Waals surface area contributed by atoms with Crippen LogP contribution in [0.15, 0.2) is 60.8 Å². The van der Waals surface area contributed by atoms with E-state index in [1.165, 1.54) is 5.56 Å². The average molecular weight is 405 g/mol. The minimum atomic E-state index is -0.0792. The van der Waals surface area contributed by atoms with Gasteiger partial charge in [0.25, 0.3) is 0 Å². The first-order valence-corrected chi connectivity index (χ1v) is 9.72. The molecule has 0 aliphatic rings. The van der Waals surface area contributed by atoms with Gasteiger partial charge in [-0.1, -0.05) is 23.8 Å². The molecule has 156 valence electrons. The molecule has 0 bridgehead atoms. The Bertz CT molecular complexity index is 1020. The summed E-state index contributed by atoms with van der Waals surface area (Å²) in [5.74, 6) is 1.47. The number of aryl methyl sites for hydroxylation is 2. The van der Waals surface area contributed by atoms with E-state index in [0.29, 0.717) is 13.2 Å². The van der Waals surface area contributed by atoms with Crippen molar-refractivity contribution in [1.82, 2.24) is 14.7 Å². The molecule has 0 N–H and O–H groups in total. The molecule has 0 radical (unpaired) electrons. The number of methoxy groups -OCH3 is 1. The predicted molar refractivity (Wildman–Crippen MR) is 117 cm³/mol. The van der Waals surface area contributed by atoms with Gasteiger partial charge in [0, 0.05) is 31.9 Å². The minimum absolute atomic E-state index is 0.0792. The standard InChI is InChI=1S/C24H27N3O3/c1-18-5-9-22(10-6-18)30-17-20-15-19(7-11-23(20)29-4)8-12-24(28)26(2)16-21-13-14-25-27(21)3/h5-15H,16-17H2,1-4H3/b12-8+. The van der Waals surface area contributed by atoms with E-state index >= 15 is 0 Å². The predicted octanol–water partition coefficient (Wildman–Crippen LogP) is 3.99. The number of amides is 1. The Morgan fingerprint density at radius 3 is 2.60 bits per heavy atom. The quantitative estimate of drug-likeness (QED) is 0.532. The zero-order chi connectivity index (χ0) is 21.5. The van der Waals surface area contributed by atoms with E-state index in [4.69, 9.17) is 9.47 Å². The molecule has 6 heteroatoms. The van der Waals surface area contributed by atoms with Crippen LogP contribution in [0.1, 0.15) is 22.4 Å². The fraction of sp³-hybridized carbons (Fsp3) is 0.250. The number of hydrogen-bond acceptors (Lipinski definition) is 4. The molecule has 30 heavy (non-hydrogen) atoms. The van der Waals surface area contributed by atoms with Crippen LogP contribution in [0.2, 0.25) is 0 Å². The second kappa shape index (κ2) is 9.78. The average Bonchev–Trinajstić information content (AvgIpc) is 3.15. The van der Waals surface area contributed by atoms with Gasteiger partial charge in [0.1, 0.15) is 18.1 Å². The molecule has 0 atom stereocenters. The molecule has 0 unspecified atom stereocenters. The van der Waals surface area contributed by atoms with E-state index in [1.807, 2.05) is 62.5 Å². The Morgan fingerprint density at radius 1 is 1.17 bits per heavy atom. The summed E-state index contributed by atoms with van der Waals surface area (Å²) in [6.45, 7) is 2.91. The topological polar surface area (TPSA) is 56.6 Å². The molecule has 3 rings (SSSR count). The zero-order valence-corrected chi connectivity index (χ0v) is 17.8. The highest BCUT2D eigenvalue weighted by Gasteiger charge is 2.09. The maximum absolute atomic E-state index is 12.5. The van der Waals surface area contributed by atoms with Gasteiger partial charge in [-0.15, -0.1) is 0 Å². The summed E-state index contributed by atoms with van der Waals surface area (Å²) in [4.78, 5) is 14.1. The lowest BCUT2D eigenvalue weighted by Crippen LogP contribution is -2.25. The van der Waals surface area contributed by atoms with E-state index in [2.05, 4.69) is 5.10 Å². The fourth-order valence-corrected chi connectivity index (χ4v) is 2.98. The third kappa shape index (κ3) is 5.50. The number of carbonyl (C=O) groups is 1. The third-order valence-electron chi connectivity index (χ3n) is 4.84. The minimum Gasteiger partial charge on any atom is -0.496 e. The largest absolute Gasteiger partial charge is 0.496 e. The molecular formula is C24H27N3O3. The van der Waals surface area contributed by atoms with E-state index < -0.39 is 0 Å². The summed E-state index contributed by atoms with van der Waals surface area (Å²) in [5, 5.41) is 4.13. The van der Waals surface area contributed by atoms with Crippen LogP contribution in [-0.2, 0) is 25.0 Å². The Hall–Kier alpha value is -3.54. The number of carbonyl (C=O) groups excluding carboxylic acids is 1. The second-order valence-electron chi connectivity index (χ2n) is 7.15. The number of aromatic nitrogens is 2. The molecule has 0 aliphatic heterocycles. The van der Waals surface area contributed by atoms with Crippen LogP contribution in [0.3, 0.4) is 0 Å². The maximum Gasteiger partial charge on any atom is 0.246 e. The van der Waals surface area contributed by atoms with Gasteiger partial charge in [-0.2, -0.15) is 5.10 Å². The number of likely N-dealkylation sites (N-methyl/N-ethyl adjacent to an activating group) is 1. The van der Waals surface area contributed by atoms with Gasteiger partial charge in [-0.3, -0.25) is 9.48 Å². The first kappa shape index (κ1) is 21.2. The molecule has 6 nitrogen and oxygen atoms in total. The van der Waals surface area contributed by atoms with Gasteiger partial charge < -0.3 is 14.4 Å². The van der Waals surface area contributed by atoms with Crippen LogP contribution in [-0.4, -0.2) is 34.7 Å². The number of nitrogens with zero attached hydrogens (tertiary/aromatic N) is 3. The molecule has 0 saturated heterocycles. The molecule has 0 saturated carbocycles. The first-order chi connectivity index (χ1) is 14.5. The number of ether oxygens (including phenoxy) is 2. The van der Waals surface area contributed by atoms with E-state index in [9.17, 15) is 4.79 Å². The van der Waals surface area contributed by atoms with E-state index in [0.717, 1.165) is 28.3 Å². The molecular weight excluding hydrogens is 378 g/mol. The number of rotatable bonds is 8. The molecule has 2 aromatic carbocycles. The highest BCUT2D eigenvalue weighted by atomic mass is 16.5. The van der Waals surface area contributed by atoms with Crippen LogP contribution in [0, 0.1) is 6.92 Å². The fourth-order valence-electron chi connectivity index (χ4n) is 2.98. The van der Waals surface area contributed by atoms with Crippen molar-refractivity contribution in [1.29, 1.82) is 0 Å². The first-order valence-electron chi connectivity index (χ1n) is 9.72. The van der Waals surface area contributed by atoms with Gasteiger partial charge >= 0.3 is 0 Å². The molecule has 0 aliphatic carbocycles. The summed E-state index contributed by atoms with van der Waals surface area (Å²) >= 11 is 0. The molecule has 1 amide bonds. The molecule has 0 spiro atoms. The monoisotopic (exact) mass is 405 g/mol. The molecule has 1 aromatic heterocycles. The van der Waals surface area contributed by atoms with Crippen LogP contribution in [0.25, 0.3) is 6.08 Å². The maximum atomic E-state index is 12.5. The molecule has 0 fully saturated rings. The summed E-state index contributed by atoms with van der Waals surface area (Å²) < 4.78 is 13.1. The van der Waals surface area contributed by atoms with E-state index in [-0.39, 0.29) is 5.91 Å². The zero-order valence-electron chi connectivity index (χ0n) is 17.8. The lowest BCUT2D eigenvalue weighted by Gasteiger charge is -2.15. The second-order valence-corrected chi connectivity index (χ2v) is 7.15. The van der Waals surface area contributed by atoms with Gasteiger partial charge in [-0.25, -0.2) is 0 Å². The Kier molecular flexibility index (Phi) is 6.91. The lowest BCUT2D eigenvalue weighted by atomic mass is 10.1. The van der Waals surface area contributed by atoms with Crippen molar-refractivity contribution in [2.45, 2.75) is 20.1 Å². The van der Waals surface area contributed by atoms with Gasteiger partial charge in [0.15, 0.2) is 0 Å². The van der Waals surface area contributed by atoms with Crippen molar-refractivity contribution < 1.29 is 14.3 Å². The van der Waals surface area contributed by atoms with Crippen LogP contribution >= 0.6 is 0 Å².